The van der Waals surface area contributed by atoms with Crippen LogP contribution >= 0.6 is 11.6 Å². The van der Waals surface area contributed by atoms with Crippen molar-refractivity contribution in [3.63, 3.8) is 0 Å². The summed E-state index contributed by atoms with van der Waals surface area (Å²) in [5.74, 6) is -0.725. The van der Waals surface area contributed by atoms with E-state index in [1.165, 1.54) is 37.3 Å². The zero-order valence-electron chi connectivity index (χ0n) is 16.1. The van der Waals surface area contributed by atoms with Crippen molar-refractivity contribution in [2.45, 2.75) is 19.9 Å². The molecule has 1 N–H and O–H groups in total. The average molecular weight is 442 g/mol. The van der Waals surface area contributed by atoms with Crippen molar-refractivity contribution in [2.75, 3.05) is 17.2 Å². The van der Waals surface area contributed by atoms with Crippen LogP contribution in [0, 0.1) is 5.82 Å². The third kappa shape index (κ3) is 5.91. The van der Waals surface area contributed by atoms with Crippen LogP contribution in [0.25, 0.3) is 0 Å². The standard InChI is InChI=1S/C19H21ClFN3O4S/c1-4-28-15-10-8-14(9-11-15)24(29(3,26)27)13(2)19(25)23-22-12-16-17(20)6-5-7-18(16)21/h5-13H,4H2,1-3H3,(H,23,25)/b22-12-/t13-/m0/s1. The molecular weight excluding hydrogens is 421 g/mol. The van der Waals surface area contributed by atoms with E-state index in [1.807, 2.05) is 6.92 Å². The summed E-state index contributed by atoms with van der Waals surface area (Å²) in [7, 11) is -3.78. The monoisotopic (exact) mass is 441 g/mol. The molecule has 0 aliphatic carbocycles. The van der Waals surface area contributed by atoms with Gasteiger partial charge < -0.3 is 4.74 Å². The largest absolute Gasteiger partial charge is 0.494 e. The van der Waals surface area contributed by atoms with Crippen molar-refractivity contribution in [1.29, 1.82) is 0 Å². The van der Waals surface area contributed by atoms with Gasteiger partial charge >= 0.3 is 0 Å². The average Bonchev–Trinajstić information content (AvgIpc) is 2.64. The molecule has 0 aliphatic rings. The summed E-state index contributed by atoms with van der Waals surface area (Å²) in [6, 6.07) is 9.31. The zero-order valence-corrected chi connectivity index (χ0v) is 17.7. The highest BCUT2D eigenvalue weighted by Crippen LogP contribution is 2.24. The molecule has 2 aromatic rings. The molecule has 0 heterocycles. The second-order valence-electron chi connectivity index (χ2n) is 6.03. The van der Waals surface area contributed by atoms with E-state index >= 15 is 0 Å². The van der Waals surface area contributed by atoms with E-state index in [0.29, 0.717) is 18.0 Å². The fourth-order valence-corrected chi connectivity index (χ4v) is 3.94. The SMILES string of the molecule is CCOc1ccc(N([C@@H](C)C(=O)N/N=C\c2c(F)cccc2Cl)S(C)(=O)=O)cc1. The normalized spacial score (nSPS) is 12.6. The minimum atomic E-state index is -3.78. The van der Waals surface area contributed by atoms with E-state index in [1.54, 1.807) is 12.1 Å². The summed E-state index contributed by atoms with van der Waals surface area (Å²) >= 11 is 5.89. The fourth-order valence-electron chi connectivity index (χ4n) is 2.55. The third-order valence-corrected chi connectivity index (χ3v) is 5.43. The lowest BCUT2D eigenvalue weighted by molar-refractivity contribution is -0.121. The Balaban J connectivity index is 2.19. The minimum absolute atomic E-state index is 0.00796. The summed E-state index contributed by atoms with van der Waals surface area (Å²) in [6.45, 7) is 3.72. The highest BCUT2D eigenvalue weighted by Gasteiger charge is 2.29. The van der Waals surface area contributed by atoms with Gasteiger partial charge in [-0.2, -0.15) is 5.10 Å². The van der Waals surface area contributed by atoms with Crippen molar-refractivity contribution in [1.82, 2.24) is 5.43 Å². The Morgan fingerprint density at radius 2 is 1.97 bits per heavy atom. The van der Waals surface area contributed by atoms with E-state index in [2.05, 4.69) is 10.5 Å². The number of hydrogen-bond donors (Lipinski definition) is 1. The molecule has 1 amide bonds. The Kier molecular flexibility index (Phi) is 7.58. The second kappa shape index (κ2) is 9.71. The van der Waals surface area contributed by atoms with Crippen molar-refractivity contribution in [3.05, 3.63) is 58.9 Å². The molecule has 0 aliphatic heterocycles. The van der Waals surface area contributed by atoms with Gasteiger partial charge in [0.2, 0.25) is 10.0 Å². The molecular formula is C19H21ClFN3O4S. The van der Waals surface area contributed by atoms with E-state index in [4.69, 9.17) is 16.3 Å². The number of sulfonamides is 1. The quantitative estimate of drug-likeness (QED) is 0.503. The number of benzene rings is 2. The van der Waals surface area contributed by atoms with Gasteiger partial charge in [0.1, 0.15) is 17.6 Å². The van der Waals surface area contributed by atoms with E-state index in [9.17, 15) is 17.6 Å². The van der Waals surface area contributed by atoms with Gasteiger partial charge in [-0.3, -0.25) is 9.10 Å². The third-order valence-electron chi connectivity index (χ3n) is 3.86. The van der Waals surface area contributed by atoms with Gasteiger partial charge in [0.25, 0.3) is 5.91 Å². The number of carbonyl (C=O) groups is 1. The summed E-state index contributed by atoms with van der Waals surface area (Å²) in [6.07, 6.45) is 2.06. The van der Waals surface area contributed by atoms with Crippen LogP contribution in [-0.2, 0) is 14.8 Å². The highest BCUT2D eigenvalue weighted by atomic mass is 35.5. The number of rotatable bonds is 8. The van der Waals surface area contributed by atoms with Crippen LogP contribution in [0.15, 0.2) is 47.6 Å². The minimum Gasteiger partial charge on any atom is -0.494 e. The molecule has 0 fully saturated rings. The molecule has 0 spiro atoms. The first-order valence-corrected chi connectivity index (χ1v) is 10.9. The Hall–Kier alpha value is -2.65. The zero-order chi connectivity index (χ0) is 21.6. The smallest absolute Gasteiger partial charge is 0.263 e. The van der Waals surface area contributed by atoms with Gasteiger partial charge in [-0.25, -0.2) is 18.2 Å². The van der Waals surface area contributed by atoms with Crippen LogP contribution in [0.4, 0.5) is 10.1 Å². The molecule has 0 aromatic heterocycles. The van der Waals surface area contributed by atoms with Gasteiger partial charge in [0, 0.05) is 5.56 Å². The first-order chi connectivity index (χ1) is 13.6. The predicted octanol–water partition coefficient (Wildman–Crippen LogP) is 3.18. The van der Waals surface area contributed by atoms with Crippen molar-refractivity contribution < 1.29 is 22.3 Å². The number of nitrogens with zero attached hydrogens (tertiary/aromatic N) is 2. The first kappa shape index (κ1) is 22.6. The fraction of sp³-hybridized carbons (Fsp3) is 0.263. The lowest BCUT2D eigenvalue weighted by atomic mass is 10.2. The van der Waals surface area contributed by atoms with Crippen molar-refractivity contribution in [3.8, 4) is 5.75 Å². The maximum Gasteiger partial charge on any atom is 0.263 e. The molecule has 0 radical (unpaired) electrons. The summed E-state index contributed by atoms with van der Waals surface area (Å²) in [5.41, 5.74) is 2.51. The summed E-state index contributed by atoms with van der Waals surface area (Å²) < 4.78 is 44.6. The Labute approximate surface area is 174 Å². The first-order valence-electron chi connectivity index (χ1n) is 8.64. The molecule has 2 rings (SSSR count). The number of carbonyl (C=O) groups excluding carboxylic acids is 1. The van der Waals surface area contributed by atoms with E-state index < -0.39 is 27.8 Å². The van der Waals surface area contributed by atoms with Crippen LogP contribution in [0.1, 0.15) is 19.4 Å². The Morgan fingerprint density at radius 3 is 2.52 bits per heavy atom. The van der Waals surface area contributed by atoms with Crippen LogP contribution < -0.4 is 14.5 Å². The van der Waals surface area contributed by atoms with Crippen molar-refractivity contribution in [2.24, 2.45) is 5.10 Å². The van der Waals surface area contributed by atoms with Crippen LogP contribution in [0.3, 0.4) is 0 Å². The molecule has 156 valence electrons. The lowest BCUT2D eigenvalue weighted by Crippen LogP contribution is -2.46. The number of anilines is 1. The topological polar surface area (TPSA) is 88.1 Å². The number of hydrazone groups is 1. The van der Waals surface area contributed by atoms with Gasteiger partial charge in [-0.15, -0.1) is 0 Å². The maximum atomic E-state index is 13.7. The van der Waals surface area contributed by atoms with Gasteiger partial charge in [-0.1, -0.05) is 17.7 Å². The molecule has 10 heteroatoms. The highest BCUT2D eigenvalue weighted by molar-refractivity contribution is 7.92. The molecule has 1 atom stereocenters. The Morgan fingerprint density at radius 1 is 1.31 bits per heavy atom. The van der Waals surface area contributed by atoms with Gasteiger partial charge in [0.05, 0.1) is 29.8 Å². The molecule has 0 unspecified atom stereocenters. The van der Waals surface area contributed by atoms with Crippen LogP contribution in [-0.4, -0.2) is 39.4 Å². The van der Waals surface area contributed by atoms with Gasteiger partial charge in [-0.05, 0) is 50.2 Å². The number of amides is 1. The molecule has 0 bridgehead atoms. The maximum absolute atomic E-state index is 13.7. The summed E-state index contributed by atoms with van der Waals surface area (Å²) in [5, 5.41) is 3.82. The molecule has 2 aromatic carbocycles. The summed E-state index contributed by atoms with van der Waals surface area (Å²) in [4.78, 5) is 12.5. The number of ether oxygens (including phenoxy) is 1. The second-order valence-corrected chi connectivity index (χ2v) is 8.30. The molecule has 7 nitrogen and oxygen atoms in total. The molecule has 0 saturated carbocycles. The predicted molar refractivity (Wildman–Crippen MR) is 112 cm³/mol. The molecule has 29 heavy (non-hydrogen) atoms. The number of halogens is 2. The van der Waals surface area contributed by atoms with Crippen LogP contribution in [0.5, 0.6) is 5.75 Å². The lowest BCUT2D eigenvalue weighted by Gasteiger charge is -2.27. The van der Waals surface area contributed by atoms with Crippen molar-refractivity contribution >= 4 is 39.4 Å². The molecule has 0 saturated heterocycles. The van der Waals surface area contributed by atoms with Crippen LogP contribution in [0.2, 0.25) is 5.02 Å². The van der Waals surface area contributed by atoms with Gasteiger partial charge in [0.15, 0.2) is 0 Å². The Bertz CT molecular complexity index is 977. The number of nitrogens with one attached hydrogen (secondary N) is 1. The van der Waals surface area contributed by atoms with E-state index in [-0.39, 0.29) is 10.6 Å². The van der Waals surface area contributed by atoms with E-state index in [0.717, 1.165) is 16.8 Å². The number of hydrogen-bond acceptors (Lipinski definition) is 5.